The van der Waals surface area contributed by atoms with E-state index in [1.54, 1.807) is 23.9 Å². The molecule has 23 heavy (non-hydrogen) atoms. The van der Waals surface area contributed by atoms with Crippen LogP contribution < -0.4 is 10.9 Å². The normalized spacial score (nSPS) is 13.7. The molecule has 1 amide bonds. The lowest BCUT2D eigenvalue weighted by Crippen LogP contribution is -2.33. The number of carbonyl (C=O) groups is 1. The number of carbonyl (C=O) groups excluding carboxylic acids is 1. The van der Waals surface area contributed by atoms with E-state index in [1.165, 1.54) is 4.68 Å². The van der Waals surface area contributed by atoms with Gasteiger partial charge in [0.2, 0.25) is 0 Å². The van der Waals surface area contributed by atoms with Crippen LogP contribution in [0.3, 0.4) is 0 Å². The number of hydrogen-bond donors (Lipinski definition) is 1. The number of fused-ring (bicyclic) bond motifs is 1. The van der Waals surface area contributed by atoms with E-state index in [9.17, 15) is 9.59 Å². The minimum Gasteiger partial charge on any atom is -0.349 e. The molecule has 122 valence electrons. The molecule has 2 aromatic rings. The van der Waals surface area contributed by atoms with Crippen molar-refractivity contribution in [3.05, 3.63) is 45.1 Å². The number of amides is 1. The van der Waals surface area contributed by atoms with Crippen molar-refractivity contribution in [3.63, 3.8) is 0 Å². The van der Waals surface area contributed by atoms with Gasteiger partial charge in [-0.1, -0.05) is 0 Å². The number of nitrogens with one attached hydrogen (secondary N) is 1. The van der Waals surface area contributed by atoms with Crippen molar-refractivity contribution in [3.8, 4) is 0 Å². The Morgan fingerprint density at radius 1 is 1.26 bits per heavy atom. The smallest absolute Gasteiger partial charge is 0.269 e. The molecular formula is C16H21N5O2. The summed E-state index contributed by atoms with van der Waals surface area (Å²) in [6.45, 7) is 2.57. The second kappa shape index (κ2) is 6.36. The summed E-state index contributed by atoms with van der Waals surface area (Å²) in [5.74, 6) is -0.195. The van der Waals surface area contributed by atoms with Crippen LogP contribution in [0.25, 0.3) is 0 Å². The van der Waals surface area contributed by atoms with Gasteiger partial charge < -0.3 is 5.32 Å². The van der Waals surface area contributed by atoms with Gasteiger partial charge in [-0.25, -0.2) is 4.68 Å². The van der Waals surface area contributed by atoms with E-state index in [1.807, 2.05) is 6.92 Å². The maximum absolute atomic E-state index is 12.1. The molecule has 0 aromatic carbocycles. The molecule has 7 nitrogen and oxygen atoms in total. The van der Waals surface area contributed by atoms with Gasteiger partial charge in [0.15, 0.2) is 0 Å². The summed E-state index contributed by atoms with van der Waals surface area (Å²) in [6.07, 6.45) is 4.11. The van der Waals surface area contributed by atoms with Crippen LogP contribution in [0.4, 0.5) is 0 Å². The van der Waals surface area contributed by atoms with Gasteiger partial charge in [-0.2, -0.15) is 10.2 Å². The molecule has 1 aliphatic carbocycles. The average molecular weight is 315 g/mol. The fourth-order valence-electron chi connectivity index (χ4n) is 2.95. The molecule has 0 fully saturated rings. The average Bonchev–Trinajstić information content (AvgIpc) is 2.86. The van der Waals surface area contributed by atoms with Crippen molar-refractivity contribution in [2.45, 2.75) is 39.2 Å². The predicted molar refractivity (Wildman–Crippen MR) is 85.4 cm³/mol. The zero-order chi connectivity index (χ0) is 16.4. The van der Waals surface area contributed by atoms with Crippen LogP contribution in [-0.2, 0) is 26.4 Å². The lowest BCUT2D eigenvalue weighted by molar-refractivity contribution is 0.0942. The molecule has 3 rings (SSSR count). The van der Waals surface area contributed by atoms with Gasteiger partial charge in [-0.15, -0.1) is 0 Å². The second-order valence-corrected chi connectivity index (χ2v) is 5.94. The van der Waals surface area contributed by atoms with Crippen LogP contribution >= 0.6 is 0 Å². The van der Waals surface area contributed by atoms with Gasteiger partial charge in [0.1, 0.15) is 5.69 Å². The maximum Gasteiger partial charge on any atom is 0.269 e. The lowest BCUT2D eigenvalue weighted by Gasteiger charge is -2.16. The quantitative estimate of drug-likeness (QED) is 0.895. The van der Waals surface area contributed by atoms with E-state index in [4.69, 9.17) is 0 Å². The standard InChI is InChI=1S/C16H21N5O2/c1-11-9-14(20(2)18-11)16(23)17-7-8-21-15(22)10-12-5-3-4-6-13(12)19-21/h9-10H,3-8H2,1-2H3,(H,17,23). The first kappa shape index (κ1) is 15.5. The van der Waals surface area contributed by atoms with Gasteiger partial charge in [0, 0.05) is 19.7 Å². The minimum atomic E-state index is -0.195. The third-order valence-corrected chi connectivity index (χ3v) is 4.12. The molecule has 0 bridgehead atoms. The fraction of sp³-hybridized carbons (Fsp3) is 0.500. The molecule has 0 aliphatic heterocycles. The van der Waals surface area contributed by atoms with Gasteiger partial charge in [-0.05, 0) is 44.2 Å². The van der Waals surface area contributed by atoms with Crippen LogP contribution in [-0.4, -0.2) is 32.0 Å². The molecule has 0 atom stereocenters. The van der Waals surface area contributed by atoms with E-state index in [-0.39, 0.29) is 11.5 Å². The number of rotatable bonds is 4. The highest BCUT2D eigenvalue weighted by molar-refractivity contribution is 5.92. The highest BCUT2D eigenvalue weighted by atomic mass is 16.2. The summed E-state index contributed by atoms with van der Waals surface area (Å²) < 4.78 is 2.99. The SMILES string of the molecule is Cc1cc(C(=O)NCCn2nc3c(cc2=O)CCCC3)n(C)n1. The molecule has 2 heterocycles. The summed E-state index contributed by atoms with van der Waals surface area (Å²) in [4.78, 5) is 24.2. The summed E-state index contributed by atoms with van der Waals surface area (Å²) in [6, 6.07) is 3.42. The zero-order valence-electron chi connectivity index (χ0n) is 13.5. The molecule has 0 unspecified atom stereocenters. The Bertz CT molecular complexity index is 790. The number of hydrogen-bond acceptors (Lipinski definition) is 4. The molecule has 0 spiro atoms. The van der Waals surface area contributed by atoms with Crippen LogP contribution in [0.15, 0.2) is 16.9 Å². The van der Waals surface area contributed by atoms with Gasteiger partial charge in [0.25, 0.3) is 11.5 Å². The van der Waals surface area contributed by atoms with Crippen molar-refractivity contribution < 1.29 is 4.79 Å². The van der Waals surface area contributed by atoms with Crippen molar-refractivity contribution in [2.24, 2.45) is 7.05 Å². The van der Waals surface area contributed by atoms with Crippen LogP contribution in [0.1, 0.15) is 40.3 Å². The molecule has 7 heteroatoms. The Morgan fingerprint density at radius 2 is 2.04 bits per heavy atom. The van der Waals surface area contributed by atoms with Crippen LogP contribution in [0, 0.1) is 6.92 Å². The van der Waals surface area contributed by atoms with E-state index < -0.39 is 0 Å². The highest BCUT2D eigenvalue weighted by Crippen LogP contribution is 2.16. The van der Waals surface area contributed by atoms with Gasteiger partial charge >= 0.3 is 0 Å². The Hall–Kier alpha value is -2.44. The van der Waals surface area contributed by atoms with E-state index >= 15 is 0 Å². The molecule has 0 saturated heterocycles. The summed E-state index contributed by atoms with van der Waals surface area (Å²) in [7, 11) is 1.73. The fourth-order valence-corrected chi connectivity index (χ4v) is 2.95. The van der Waals surface area contributed by atoms with Gasteiger partial charge in [0.05, 0.1) is 17.9 Å². The number of nitrogens with zero attached hydrogens (tertiary/aromatic N) is 4. The van der Waals surface area contributed by atoms with Crippen molar-refractivity contribution in [2.75, 3.05) is 6.54 Å². The van der Waals surface area contributed by atoms with E-state index in [0.717, 1.165) is 42.6 Å². The number of aryl methyl sites for hydroxylation is 4. The molecule has 2 aromatic heterocycles. The highest BCUT2D eigenvalue weighted by Gasteiger charge is 2.14. The minimum absolute atomic E-state index is 0.101. The van der Waals surface area contributed by atoms with Crippen molar-refractivity contribution >= 4 is 5.91 Å². The van der Waals surface area contributed by atoms with Crippen LogP contribution in [0.2, 0.25) is 0 Å². The zero-order valence-corrected chi connectivity index (χ0v) is 13.5. The number of aromatic nitrogens is 4. The van der Waals surface area contributed by atoms with Crippen molar-refractivity contribution in [1.29, 1.82) is 0 Å². The lowest BCUT2D eigenvalue weighted by atomic mass is 9.97. The molecule has 1 aliphatic rings. The first-order valence-electron chi connectivity index (χ1n) is 7.93. The largest absolute Gasteiger partial charge is 0.349 e. The summed E-state index contributed by atoms with van der Waals surface area (Å²) in [5.41, 5.74) is 3.30. The first-order chi connectivity index (χ1) is 11.0. The summed E-state index contributed by atoms with van der Waals surface area (Å²) in [5, 5.41) is 11.4. The monoisotopic (exact) mass is 315 g/mol. The van der Waals surface area contributed by atoms with E-state index in [0.29, 0.717) is 18.8 Å². The van der Waals surface area contributed by atoms with Crippen molar-refractivity contribution in [1.82, 2.24) is 24.9 Å². The molecule has 0 radical (unpaired) electrons. The first-order valence-corrected chi connectivity index (χ1v) is 7.93. The topological polar surface area (TPSA) is 81.8 Å². The molecule has 0 saturated carbocycles. The molecular weight excluding hydrogens is 294 g/mol. The van der Waals surface area contributed by atoms with E-state index in [2.05, 4.69) is 15.5 Å². The Morgan fingerprint density at radius 3 is 2.78 bits per heavy atom. The maximum atomic E-state index is 12.1. The Balaban J connectivity index is 1.64. The Labute approximate surface area is 134 Å². The van der Waals surface area contributed by atoms with Gasteiger partial charge in [-0.3, -0.25) is 14.3 Å². The molecule has 1 N–H and O–H groups in total. The second-order valence-electron chi connectivity index (χ2n) is 5.94. The predicted octanol–water partition coefficient (Wildman–Crippen LogP) is 0.594. The van der Waals surface area contributed by atoms with Crippen LogP contribution in [0.5, 0.6) is 0 Å². The Kier molecular flexibility index (Phi) is 4.27. The summed E-state index contributed by atoms with van der Waals surface area (Å²) >= 11 is 0. The third-order valence-electron chi connectivity index (χ3n) is 4.12. The third kappa shape index (κ3) is 3.33.